The second kappa shape index (κ2) is 8.73. The van der Waals surface area contributed by atoms with Gasteiger partial charge in [0.25, 0.3) is 0 Å². The first-order valence-electron chi connectivity index (χ1n) is 8.56. The van der Waals surface area contributed by atoms with Crippen molar-refractivity contribution in [3.05, 3.63) is 71.5 Å². The summed E-state index contributed by atoms with van der Waals surface area (Å²) in [6.45, 7) is 4.36. The van der Waals surface area contributed by atoms with Crippen molar-refractivity contribution < 1.29 is 14.6 Å². The van der Waals surface area contributed by atoms with Crippen molar-refractivity contribution in [2.24, 2.45) is 0 Å². The van der Waals surface area contributed by atoms with E-state index >= 15 is 0 Å². The quantitative estimate of drug-likeness (QED) is 0.557. The van der Waals surface area contributed by atoms with Crippen LogP contribution in [-0.4, -0.2) is 26.0 Å². The molecule has 0 aliphatic heterocycles. The van der Waals surface area contributed by atoms with Gasteiger partial charge in [0.2, 0.25) is 0 Å². The van der Waals surface area contributed by atoms with Crippen LogP contribution in [0.1, 0.15) is 23.9 Å². The van der Waals surface area contributed by atoms with E-state index in [-0.39, 0.29) is 6.61 Å². The Morgan fingerprint density at radius 1 is 1.15 bits per heavy atom. The molecule has 0 amide bonds. The number of benzene rings is 2. The van der Waals surface area contributed by atoms with E-state index in [1.54, 1.807) is 6.92 Å². The molecule has 1 atom stereocenters. The van der Waals surface area contributed by atoms with E-state index in [4.69, 9.17) is 4.74 Å². The molecule has 3 rings (SSSR count). The van der Waals surface area contributed by atoms with Crippen LogP contribution in [0.15, 0.2) is 59.8 Å². The zero-order valence-electron chi connectivity index (χ0n) is 15.2. The molecule has 7 heteroatoms. The van der Waals surface area contributed by atoms with Crippen LogP contribution in [0.5, 0.6) is 5.75 Å². The molecule has 27 heavy (non-hydrogen) atoms. The Labute approximate surface area is 162 Å². The SMILES string of the molecule is Cc1ccc(OCc2nnc(S[C@@H](C)C(=O)[O-])n2Cc2ccccc2)cc1. The Morgan fingerprint density at radius 2 is 1.85 bits per heavy atom. The molecular formula is C20H20N3O3S-. The van der Waals surface area contributed by atoms with Crippen molar-refractivity contribution >= 4 is 17.7 Å². The van der Waals surface area contributed by atoms with Gasteiger partial charge < -0.3 is 14.6 Å². The summed E-state index contributed by atoms with van der Waals surface area (Å²) in [7, 11) is 0. The van der Waals surface area contributed by atoms with Crippen LogP contribution in [0.3, 0.4) is 0 Å². The first-order chi connectivity index (χ1) is 13.0. The molecule has 6 nitrogen and oxygen atoms in total. The van der Waals surface area contributed by atoms with E-state index in [1.165, 1.54) is 0 Å². The number of carboxylic acid groups (broad SMARTS) is 1. The van der Waals surface area contributed by atoms with E-state index in [0.717, 1.165) is 28.6 Å². The Kier molecular flexibility index (Phi) is 6.13. The summed E-state index contributed by atoms with van der Waals surface area (Å²) >= 11 is 1.11. The maximum atomic E-state index is 11.1. The summed E-state index contributed by atoms with van der Waals surface area (Å²) in [6, 6.07) is 17.6. The summed E-state index contributed by atoms with van der Waals surface area (Å²) in [5.41, 5.74) is 2.22. The molecule has 0 saturated carbocycles. The number of nitrogens with zero attached hydrogens (tertiary/aromatic N) is 3. The van der Waals surface area contributed by atoms with Gasteiger partial charge in [0, 0.05) is 5.25 Å². The number of carboxylic acids is 1. The fraction of sp³-hybridized carbons (Fsp3) is 0.250. The molecule has 1 heterocycles. The molecule has 0 bridgehead atoms. The smallest absolute Gasteiger partial charge is 0.192 e. The summed E-state index contributed by atoms with van der Waals surface area (Å²) in [5, 5.41) is 19.3. The molecule has 0 aliphatic rings. The van der Waals surface area contributed by atoms with Crippen LogP contribution in [0.4, 0.5) is 0 Å². The van der Waals surface area contributed by atoms with Gasteiger partial charge in [-0.2, -0.15) is 0 Å². The van der Waals surface area contributed by atoms with Crippen molar-refractivity contribution in [1.82, 2.24) is 14.8 Å². The first-order valence-corrected chi connectivity index (χ1v) is 9.44. The minimum atomic E-state index is -1.13. The lowest BCUT2D eigenvalue weighted by Gasteiger charge is -2.14. The van der Waals surface area contributed by atoms with Crippen molar-refractivity contribution in [3.8, 4) is 5.75 Å². The molecule has 0 unspecified atom stereocenters. The number of thioether (sulfide) groups is 1. The van der Waals surface area contributed by atoms with Gasteiger partial charge in [-0.3, -0.25) is 4.57 Å². The lowest BCUT2D eigenvalue weighted by Crippen LogP contribution is -2.31. The Bertz CT molecular complexity index is 895. The van der Waals surface area contributed by atoms with Crippen molar-refractivity contribution in [2.75, 3.05) is 0 Å². The summed E-state index contributed by atoms with van der Waals surface area (Å²) < 4.78 is 7.71. The topological polar surface area (TPSA) is 80.1 Å². The molecule has 0 fully saturated rings. The standard InChI is InChI=1S/C20H21N3O3S/c1-14-8-10-17(11-9-14)26-13-18-21-22-20(27-15(2)19(24)25)23(18)12-16-6-4-3-5-7-16/h3-11,15H,12-13H2,1-2H3,(H,24,25)/p-1/t15-/m0/s1. The minimum Gasteiger partial charge on any atom is -0.549 e. The molecule has 140 valence electrons. The average Bonchev–Trinajstić information content (AvgIpc) is 3.03. The Hall–Kier alpha value is -2.80. The van der Waals surface area contributed by atoms with Gasteiger partial charge in [-0.05, 0) is 31.5 Å². The summed E-state index contributed by atoms with van der Waals surface area (Å²) in [6.07, 6.45) is 0. The average molecular weight is 382 g/mol. The largest absolute Gasteiger partial charge is 0.549 e. The third-order valence-electron chi connectivity index (χ3n) is 3.98. The normalized spacial score (nSPS) is 11.9. The van der Waals surface area contributed by atoms with Crippen LogP contribution >= 0.6 is 11.8 Å². The molecular weight excluding hydrogens is 362 g/mol. The third-order valence-corrected chi connectivity index (χ3v) is 5.04. The van der Waals surface area contributed by atoms with E-state index in [1.807, 2.05) is 66.1 Å². The lowest BCUT2D eigenvalue weighted by atomic mass is 10.2. The number of aryl methyl sites for hydroxylation is 1. The number of hydrogen-bond acceptors (Lipinski definition) is 6. The highest BCUT2D eigenvalue weighted by atomic mass is 32.2. The summed E-state index contributed by atoms with van der Waals surface area (Å²) in [5.74, 6) is 0.242. The highest BCUT2D eigenvalue weighted by molar-refractivity contribution is 8.00. The number of aromatic nitrogens is 3. The fourth-order valence-electron chi connectivity index (χ4n) is 2.43. The Balaban J connectivity index is 1.82. The maximum Gasteiger partial charge on any atom is 0.192 e. The zero-order chi connectivity index (χ0) is 19.2. The molecule has 0 saturated heterocycles. The van der Waals surface area contributed by atoms with Gasteiger partial charge in [-0.1, -0.05) is 59.8 Å². The predicted octanol–water partition coefficient (Wildman–Crippen LogP) is 2.44. The third kappa shape index (κ3) is 5.10. The number of ether oxygens (including phenoxy) is 1. The molecule has 3 aromatic rings. The maximum absolute atomic E-state index is 11.1. The van der Waals surface area contributed by atoms with Crippen molar-refractivity contribution in [2.45, 2.75) is 37.4 Å². The fourth-order valence-corrected chi connectivity index (χ4v) is 3.22. The second-order valence-electron chi connectivity index (χ2n) is 6.15. The predicted molar refractivity (Wildman–Crippen MR) is 101 cm³/mol. The van der Waals surface area contributed by atoms with E-state index < -0.39 is 11.2 Å². The van der Waals surface area contributed by atoms with Gasteiger partial charge in [0.1, 0.15) is 12.4 Å². The van der Waals surface area contributed by atoms with Crippen LogP contribution in [0, 0.1) is 6.92 Å². The highest BCUT2D eigenvalue weighted by Gasteiger charge is 2.17. The molecule has 0 aliphatic carbocycles. The van der Waals surface area contributed by atoms with Gasteiger partial charge >= 0.3 is 0 Å². The number of carbonyl (C=O) groups is 1. The van der Waals surface area contributed by atoms with Crippen molar-refractivity contribution in [3.63, 3.8) is 0 Å². The summed E-state index contributed by atoms with van der Waals surface area (Å²) in [4.78, 5) is 11.1. The van der Waals surface area contributed by atoms with E-state index in [9.17, 15) is 9.90 Å². The Morgan fingerprint density at radius 3 is 2.52 bits per heavy atom. The van der Waals surface area contributed by atoms with E-state index in [2.05, 4.69) is 10.2 Å². The number of rotatable bonds is 8. The van der Waals surface area contributed by atoms with Crippen LogP contribution in [0.2, 0.25) is 0 Å². The van der Waals surface area contributed by atoms with Crippen LogP contribution in [0.25, 0.3) is 0 Å². The minimum absolute atomic E-state index is 0.239. The highest BCUT2D eigenvalue weighted by Crippen LogP contribution is 2.24. The van der Waals surface area contributed by atoms with Crippen LogP contribution in [-0.2, 0) is 17.9 Å². The van der Waals surface area contributed by atoms with Gasteiger partial charge in [-0.15, -0.1) is 10.2 Å². The van der Waals surface area contributed by atoms with Gasteiger partial charge in [0.15, 0.2) is 11.0 Å². The first kappa shape index (κ1) is 19.0. The zero-order valence-corrected chi connectivity index (χ0v) is 16.0. The van der Waals surface area contributed by atoms with Gasteiger partial charge in [-0.25, -0.2) is 0 Å². The van der Waals surface area contributed by atoms with E-state index in [0.29, 0.717) is 17.5 Å². The number of aliphatic carboxylic acids is 1. The lowest BCUT2D eigenvalue weighted by molar-refractivity contribution is -0.304. The number of hydrogen-bond donors (Lipinski definition) is 0. The van der Waals surface area contributed by atoms with Crippen LogP contribution < -0.4 is 9.84 Å². The molecule has 0 N–H and O–H groups in total. The monoisotopic (exact) mass is 382 g/mol. The molecule has 0 spiro atoms. The van der Waals surface area contributed by atoms with Crippen molar-refractivity contribution in [1.29, 1.82) is 0 Å². The molecule has 0 radical (unpaired) electrons. The second-order valence-corrected chi connectivity index (χ2v) is 7.46. The number of carbonyl (C=O) groups excluding carboxylic acids is 1. The molecule has 1 aromatic heterocycles. The van der Waals surface area contributed by atoms with Gasteiger partial charge in [0.05, 0.1) is 12.5 Å². The molecule has 2 aromatic carbocycles.